The topological polar surface area (TPSA) is 32.3 Å². The quantitative estimate of drug-likeness (QED) is 0.869. The molecule has 1 atom stereocenters. The van der Waals surface area contributed by atoms with Gasteiger partial charge in [-0.2, -0.15) is 0 Å². The van der Waals surface area contributed by atoms with Gasteiger partial charge >= 0.3 is 0 Å². The number of carbonyl (C=O) groups is 1. The van der Waals surface area contributed by atoms with E-state index in [0.717, 1.165) is 24.3 Å². The zero-order valence-corrected chi connectivity index (χ0v) is 10.7. The van der Waals surface area contributed by atoms with Crippen molar-refractivity contribution < 1.29 is 4.79 Å². The average molecular weight is 232 g/mol. The van der Waals surface area contributed by atoms with Gasteiger partial charge in [0, 0.05) is 6.54 Å². The number of fused-ring (bicyclic) bond motifs is 1. The van der Waals surface area contributed by atoms with Crippen molar-refractivity contribution in [1.82, 2.24) is 0 Å². The highest BCUT2D eigenvalue weighted by Crippen LogP contribution is 2.32. The molecule has 0 fully saturated rings. The second-order valence-corrected chi connectivity index (χ2v) is 4.97. The first-order valence-electron chi connectivity index (χ1n) is 6.30. The fourth-order valence-electron chi connectivity index (χ4n) is 2.22. The molecule has 0 bridgehead atoms. The Morgan fingerprint density at radius 2 is 2.06 bits per heavy atom. The second-order valence-electron chi connectivity index (χ2n) is 4.97. The largest absolute Gasteiger partial charge is 0.372 e. The monoisotopic (exact) mass is 232 g/mol. The third-order valence-electron chi connectivity index (χ3n) is 3.04. The minimum Gasteiger partial charge on any atom is -0.372 e. The summed E-state index contributed by atoms with van der Waals surface area (Å²) in [5.74, 6) is 0.669. The predicted octanol–water partition coefficient (Wildman–Crippen LogP) is 2.88. The maximum absolute atomic E-state index is 12.3. The number of rotatable bonds is 3. The Hall–Kier alpha value is -1.51. The molecule has 3 nitrogen and oxygen atoms in total. The molecule has 1 amide bonds. The number of carbonyl (C=O) groups excluding carboxylic acids is 1. The first kappa shape index (κ1) is 12.0. The fraction of sp³-hybridized carbons (Fsp3) is 0.500. The molecule has 1 N–H and O–H groups in total. The van der Waals surface area contributed by atoms with E-state index in [2.05, 4.69) is 19.2 Å². The minimum atomic E-state index is -0.0800. The average Bonchev–Trinajstić information content (AvgIpc) is 2.32. The summed E-state index contributed by atoms with van der Waals surface area (Å²) >= 11 is 0. The van der Waals surface area contributed by atoms with Gasteiger partial charge in [0.1, 0.15) is 6.04 Å². The van der Waals surface area contributed by atoms with Crippen LogP contribution in [0.1, 0.15) is 27.2 Å². The van der Waals surface area contributed by atoms with E-state index >= 15 is 0 Å². The molecule has 0 aromatic heterocycles. The summed E-state index contributed by atoms with van der Waals surface area (Å²) in [7, 11) is 0. The summed E-state index contributed by atoms with van der Waals surface area (Å²) in [5.41, 5.74) is 2.08. The highest BCUT2D eigenvalue weighted by molar-refractivity contribution is 6.04. The number of benzene rings is 1. The fourth-order valence-corrected chi connectivity index (χ4v) is 2.22. The summed E-state index contributed by atoms with van der Waals surface area (Å²) in [6, 6.07) is 7.95. The number of para-hydroxylation sites is 2. The molecule has 1 aromatic rings. The van der Waals surface area contributed by atoms with Gasteiger partial charge in [-0.15, -0.1) is 0 Å². The van der Waals surface area contributed by atoms with Crippen LogP contribution >= 0.6 is 0 Å². The lowest BCUT2D eigenvalue weighted by atomic mass is 10.1. The summed E-state index contributed by atoms with van der Waals surface area (Å²) < 4.78 is 0. The summed E-state index contributed by atoms with van der Waals surface area (Å²) in [5, 5.41) is 3.31. The van der Waals surface area contributed by atoms with E-state index in [4.69, 9.17) is 0 Å². The molecule has 92 valence electrons. The van der Waals surface area contributed by atoms with Crippen molar-refractivity contribution in [1.29, 1.82) is 0 Å². The Balaban J connectivity index is 2.37. The lowest BCUT2D eigenvalue weighted by Gasteiger charge is -2.35. The maximum atomic E-state index is 12.3. The van der Waals surface area contributed by atoms with Crippen LogP contribution in [0.15, 0.2) is 24.3 Å². The van der Waals surface area contributed by atoms with Crippen LogP contribution < -0.4 is 10.2 Å². The van der Waals surface area contributed by atoms with Crippen LogP contribution in [0.2, 0.25) is 0 Å². The first-order valence-corrected chi connectivity index (χ1v) is 6.30. The molecule has 0 radical (unpaired) electrons. The van der Waals surface area contributed by atoms with Crippen molar-refractivity contribution in [2.45, 2.75) is 33.2 Å². The predicted molar refractivity (Wildman–Crippen MR) is 71.3 cm³/mol. The van der Waals surface area contributed by atoms with E-state index in [1.165, 1.54) is 0 Å². The van der Waals surface area contributed by atoms with Crippen LogP contribution in [-0.2, 0) is 4.79 Å². The van der Waals surface area contributed by atoms with Crippen LogP contribution in [0.25, 0.3) is 0 Å². The van der Waals surface area contributed by atoms with Gasteiger partial charge in [-0.1, -0.05) is 32.9 Å². The molecule has 0 saturated carbocycles. The first-order chi connectivity index (χ1) is 8.13. The van der Waals surface area contributed by atoms with E-state index in [0.29, 0.717) is 5.92 Å². The van der Waals surface area contributed by atoms with Crippen molar-refractivity contribution in [2.75, 3.05) is 16.8 Å². The SMILES string of the molecule is CCC1Nc2ccccc2N(CC(C)C)C1=O. The number of amides is 1. The Morgan fingerprint density at radius 1 is 1.35 bits per heavy atom. The van der Waals surface area contributed by atoms with Crippen molar-refractivity contribution in [3.05, 3.63) is 24.3 Å². The standard InChI is InChI=1S/C14H20N2O/c1-4-11-14(17)16(9-10(2)3)13-8-6-5-7-12(13)15-11/h5-8,10-11,15H,4,9H2,1-3H3. The smallest absolute Gasteiger partial charge is 0.249 e. The number of nitrogens with zero attached hydrogens (tertiary/aromatic N) is 1. The normalized spacial score (nSPS) is 19.2. The van der Waals surface area contributed by atoms with Gasteiger partial charge in [0.05, 0.1) is 11.4 Å². The lowest BCUT2D eigenvalue weighted by molar-refractivity contribution is -0.119. The van der Waals surface area contributed by atoms with Gasteiger partial charge in [0.2, 0.25) is 5.91 Å². The molecule has 2 rings (SSSR count). The summed E-state index contributed by atoms with van der Waals surface area (Å²) in [6.07, 6.45) is 0.821. The van der Waals surface area contributed by atoms with E-state index in [-0.39, 0.29) is 11.9 Å². The zero-order chi connectivity index (χ0) is 12.4. The van der Waals surface area contributed by atoms with Crippen molar-refractivity contribution in [3.8, 4) is 0 Å². The van der Waals surface area contributed by atoms with Crippen LogP contribution in [0.3, 0.4) is 0 Å². The van der Waals surface area contributed by atoms with Crippen molar-refractivity contribution in [3.63, 3.8) is 0 Å². The zero-order valence-electron chi connectivity index (χ0n) is 10.7. The Labute approximate surface area is 103 Å². The molecule has 0 spiro atoms. The van der Waals surface area contributed by atoms with Gasteiger partial charge in [-0.05, 0) is 24.5 Å². The molecule has 0 aliphatic carbocycles. The van der Waals surface area contributed by atoms with Crippen LogP contribution in [0.5, 0.6) is 0 Å². The second kappa shape index (κ2) is 4.78. The summed E-state index contributed by atoms with van der Waals surface area (Å²) in [6.45, 7) is 7.10. The van der Waals surface area contributed by atoms with Gasteiger partial charge < -0.3 is 10.2 Å². The number of anilines is 2. The molecule has 1 heterocycles. The molecule has 1 aliphatic rings. The third-order valence-corrected chi connectivity index (χ3v) is 3.04. The van der Waals surface area contributed by atoms with Gasteiger partial charge in [0.15, 0.2) is 0 Å². The van der Waals surface area contributed by atoms with Crippen LogP contribution in [-0.4, -0.2) is 18.5 Å². The van der Waals surface area contributed by atoms with E-state index in [1.807, 2.05) is 36.1 Å². The molecule has 1 aromatic carbocycles. The number of hydrogen-bond acceptors (Lipinski definition) is 2. The van der Waals surface area contributed by atoms with E-state index < -0.39 is 0 Å². The highest BCUT2D eigenvalue weighted by atomic mass is 16.2. The van der Waals surface area contributed by atoms with E-state index in [9.17, 15) is 4.79 Å². The van der Waals surface area contributed by atoms with E-state index in [1.54, 1.807) is 0 Å². The molecule has 1 aliphatic heterocycles. The number of hydrogen-bond donors (Lipinski definition) is 1. The van der Waals surface area contributed by atoms with Crippen LogP contribution in [0, 0.1) is 5.92 Å². The molecular weight excluding hydrogens is 212 g/mol. The third kappa shape index (κ3) is 2.28. The minimum absolute atomic E-state index is 0.0800. The van der Waals surface area contributed by atoms with Crippen molar-refractivity contribution in [2.24, 2.45) is 5.92 Å². The Morgan fingerprint density at radius 3 is 2.71 bits per heavy atom. The van der Waals surface area contributed by atoms with Gasteiger partial charge in [-0.25, -0.2) is 0 Å². The van der Waals surface area contributed by atoms with Gasteiger partial charge in [-0.3, -0.25) is 4.79 Å². The van der Waals surface area contributed by atoms with Crippen LogP contribution in [0.4, 0.5) is 11.4 Å². The summed E-state index contributed by atoms with van der Waals surface area (Å²) in [4.78, 5) is 14.2. The number of nitrogens with one attached hydrogen (secondary N) is 1. The maximum Gasteiger partial charge on any atom is 0.249 e. The Bertz CT molecular complexity index is 414. The van der Waals surface area contributed by atoms with Crippen molar-refractivity contribution >= 4 is 17.3 Å². The molecule has 17 heavy (non-hydrogen) atoms. The molecule has 1 unspecified atom stereocenters. The molecule has 0 saturated heterocycles. The molecular formula is C14H20N2O. The lowest BCUT2D eigenvalue weighted by Crippen LogP contribution is -2.48. The highest BCUT2D eigenvalue weighted by Gasteiger charge is 2.30. The Kier molecular flexibility index (Phi) is 3.36. The van der Waals surface area contributed by atoms with Gasteiger partial charge in [0.25, 0.3) is 0 Å². The molecule has 3 heteroatoms.